The van der Waals surface area contributed by atoms with Crippen LogP contribution in [0.4, 0.5) is 10.6 Å². The van der Waals surface area contributed by atoms with Crippen LogP contribution in [0.1, 0.15) is 35.4 Å². The highest BCUT2D eigenvalue weighted by atomic mass is 16.5. The van der Waals surface area contributed by atoms with Gasteiger partial charge in [0.25, 0.3) is 0 Å². The third-order valence-corrected chi connectivity index (χ3v) is 6.33. The minimum absolute atomic E-state index is 0.0332. The SMILES string of the molecule is COc1ccc2c(O)c(C=C3N=Nc4nc(C)ccc43)oc2c1CC1CCN(C(=O)O)CC1. The predicted octanol–water partition coefficient (Wildman–Crippen LogP) is 5.38. The number of methoxy groups -OCH3 is 1. The number of hydrogen-bond acceptors (Lipinski definition) is 7. The summed E-state index contributed by atoms with van der Waals surface area (Å²) in [5, 5.41) is 29.0. The van der Waals surface area contributed by atoms with Gasteiger partial charge in [0, 0.05) is 36.0 Å². The molecule has 0 unspecified atom stereocenters. The number of benzene rings is 1. The fraction of sp³-hybridized carbons (Fsp3) is 0.333. The van der Waals surface area contributed by atoms with E-state index in [9.17, 15) is 15.0 Å². The molecule has 5 rings (SSSR count). The first-order valence-electron chi connectivity index (χ1n) is 10.8. The zero-order chi connectivity index (χ0) is 23.1. The second-order valence-electron chi connectivity index (χ2n) is 8.41. The maximum absolute atomic E-state index is 11.2. The smallest absolute Gasteiger partial charge is 0.407 e. The van der Waals surface area contributed by atoms with Gasteiger partial charge in [-0.3, -0.25) is 0 Å². The standard InChI is InChI=1S/C24H24N4O5/c1-13-3-4-15-18(26-27-23(15)25-13)12-20-21(29)16-5-6-19(32-2)17(22(16)33-20)11-14-7-9-28(10-8-14)24(30)31/h3-6,12,14,29H,7-11H2,1-2H3,(H,30,31). The number of aromatic hydroxyl groups is 1. The second-order valence-corrected chi connectivity index (χ2v) is 8.41. The van der Waals surface area contributed by atoms with Crippen LogP contribution < -0.4 is 4.74 Å². The van der Waals surface area contributed by atoms with Gasteiger partial charge in [-0.15, -0.1) is 10.2 Å². The van der Waals surface area contributed by atoms with Crippen LogP contribution in [0.5, 0.6) is 11.5 Å². The van der Waals surface area contributed by atoms with Crippen molar-refractivity contribution in [2.75, 3.05) is 20.2 Å². The maximum Gasteiger partial charge on any atom is 0.407 e. The lowest BCUT2D eigenvalue weighted by atomic mass is 9.89. The van der Waals surface area contributed by atoms with Gasteiger partial charge in [0.2, 0.25) is 0 Å². The summed E-state index contributed by atoms with van der Waals surface area (Å²) in [6.07, 6.45) is 2.99. The molecule has 170 valence electrons. The van der Waals surface area contributed by atoms with Gasteiger partial charge in [0.05, 0.1) is 12.5 Å². The summed E-state index contributed by atoms with van der Waals surface area (Å²) in [6, 6.07) is 7.40. The number of ether oxygens (including phenoxy) is 1. The predicted molar refractivity (Wildman–Crippen MR) is 122 cm³/mol. The van der Waals surface area contributed by atoms with E-state index in [0.717, 1.165) is 29.7 Å². The largest absolute Gasteiger partial charge is 0.504 e. The van der Waals surface area contributed by atoms with E-state index >= 15 is 0 Å². The average molecular weight is 448 g/mol. The topological polar surface area (TPSA) is 121 Å². The van der Waals surface area contributed by atoms with Crippen molar-refractivity contribution < 1.29 is 24.2 Å². The summed E-state index contributed by atoms with van der Waals surface area (Å²) in [5.74, 6) is 1.85. The number of pyridine rings is 1. The van der Waals surface area contributed by atoms with Crippen molar-refractivity contribution in [3.63, 3.8) is 0 Å². The first-order valence-corrected chi connectivity index (χ1v) is 10.8. The number of carboxylic acid groups (broad SMARTS) is 1. The van der Waals surface area contributed by atoms with E-state index in [-0.39, 0.29) is 5.75 Å². The summed E-state index contributed by atoms with van der Waals surface area (Å²) in [4.78, 5) is 17.0. The molecule has 2 aliphatic heterocycles. The number of azo groups is 1. The molecule has 2 N–H and O–H groups in total. The molecule has 33 heavy (non-hydrogen) atoms. The molecule has 1 aromatic carbocycles. The van der Waals surface area contributed by atoms with Gasteiger partial charge in [-0.25, -0.2) is 9.78 Å². The molecule has 0 aliphatic carbocycles. The quantitative estimate of drug-likeness (QED) is 0.553. The highest BCUT2D eigenvalue weighted by Gasteiger charge is 2.26. The van der Waals surface area contributed by atoms with E-state index in [2.05, 4.69) is 15.2 Å². The van der Waals surface area contributed by atoms with Gasteiger partial charge in [0.1, 0.15) is 17.0 Å². The minimum atomic E-state index is -0.877. The van der Waals surface area contributed by atoms with Gasteiger partial charge in [-0.05, 0) is 56.4 Å². The number of hydrogen-bond donors (Lipinski definition) is 2. The van der Waals surface area contributed by atoms with Gasteiger partial charge >= 0.3 is 6.09 Å². The van der Waals surface area contributed by atoms with Crippen molar-refractivity contribution >= 4 is 34.7 Å². The van der Waals surface area contributed by atoms with Crippen LogP contribution in [0.15, 0.2) is 38.9 Å². The Hall–Kier alpha value is -3.88. The Morgan fingerprint density at radius 1 is 1.24 bits per heavy atom. The van der Waals surface area contributed by atoms with Gasteiger partial charge < -0.3 is 24.3 Å². The number of likely N-dealkylation sites (tertiary alicyclic amines) is 1. The fourth-order valence-corrected chi connectivity index (χ4v) is 4.51. The molecule has 0 saturated carbocycles. The Morgan fingerprint density at radius 2 is 2.03 bits per heavy atom. The molecule has 0 spiro atoms. The lowest BCUT2D eigenvalue weighted by molar-refractivity contribution is 0.124. The second kappa shape index (κ2) is 8.23. The van der Waals surface area contributed by atoms with Crippen LogP contribution in [0.3, 0.4) is 0 Å². The van der Waals surface area contributed by atoms with Crippen LogP contribution >= 0.6 is 0 Å². The third-order valence-electron chi connectivity index (χ3n) is 6.33. The van der Waals surface area contributed by atoms with Gasteiger partial charge in [-0.1, -0.05) is 0 Å². The monoisotopic (exact) mass is 448 g/mol. The number of aryl methyl sites for hydroxylation is 1. The van der Waals surface area contributed by atoms with Crippen molar-refractivity contribution in [3.8, 4) is 11.5 Å². The molecule has 1 fully saturated rings. The molecule has 0 radical (unpaired) electrons. The lowest BCUT2D eigenvalue weighted by Crippen LogP contribution is -2.37. The number of piperidine rings is 1. The molecule has 2 aromatic heterocycles. The summed E-state index contributed by atoms with van der Waals surface area (Å²) in [7, 11) is 1.61. The summed E-state index contributed by atoms with van der Waals surface area (Å²) < 4.78 is 11.7. The van der Waals surface area contributed by atoms with Crippen molar-refractivity contribution in [2.24, 2.45) is 16.1 Å². The number of carbonyl (C=O) groups is 1. The number of nitrogens with zero attached hydrogens (tertiary/aromatic N) is 4. The number of furan rings is 1. The third kappa shape index (κ3) is 3.79. The van der Waals surface area contributed by atoms with E-state index in [0.29, 0.717) is 59.4 Å². The lowest BCUT2D eigenvalue weighted by Gasteiger charge is -2.30. The number of rotatable bonds is 4. The summed E-state index contributed by atoms with van der Waals surface area (Å²) >= 11 is 0. The molecule has 0 bridgehead atoms. The minimum Gasteiger partial charge on any atom is -0.504 e. The van der Waals surface area contributed by atoms with Crippen LogP contribution in [-0.4, -0.2) is 46.4 Å². The first kappa shape index (κ1) is 21.0. The maximum atomic E-state index is 11.2. The van der Waals surface area contributed by atoms with Crippen LogP contribution in [0.2, 0.25) is 0 Å². The zero-order valence-corrected chi connectivity index (χ0v) is 18.4. The van der Waals surface area contributed by atoms with Gasteiger partial charge in [0.15, 0.2) is 17.3 Å². The summed E-state index contributed by atoms with van der Waals surface area (Å²) in [5.41, 5.74) is 3.64. The molecule has 3 aromatic rings. The van der Waals surface area contributed by atoms with Crippen LogP contribution in [0.25, 0.3) is 22.7 Å². The molecule has 0 atom stereocenters. The Kier molecular flexibility index (Phi) is 5.24. The molecule has 9 heteroatoms. The van der Waals surface area contributed by atoms with E-state index in [1.165, 1.54) is 4.90 Å². The van der Waals surface area contributed by atoms with Crippen molar-refractivity contribution in [2.45, 2.75) is 26.2 Å². The molecule has 9 nitrogen and oxygen atoms in total. The molecular formula is C24H24N4O5. The molecule has 4 heterocycles. The molecule has 2 aliphatic rings. The molecule has 1 amide bonds. The van der Waals surface area contributed by atoms with Crippen LogP contribution in [-0.2, 0) is 6.42 Å². The highest BCUT2D eigenvalue weighted by molar-refractivity contribution is 5.95. The highest BCUT2D eigenvalue weighted by Crippen LogP contribution is 2.42. The van der Waals surface area contributed by atoms with Crippen molar-refractivity contribution in [1.29, 1.82) is 0 Å². The number of aromatic nitrogens is 1. The first-order chi connectivity index (χ1) is 15.9. The Balaban J connectivity index is 1.50. The fourth-order valence-electron chi connectivity index (χ4n) is 4.51. The Labute approximate surface area is 190 Å². The van der Waals surface area contributed by atoms with Gasteiger partial charge in [-0.2, -0.15) is 0 Å². The van der Waals surface area contributed by atoms with Crippen molar-refractivity contribution in [3.05, 3.63) is 46.8 Å². The van der Waals surface area contributed by atoms with E-state index in [4.69, 9.17) is 9.15 Å². The van der Waals surface area contributed by atoms with E-state index in [1.54, 1.807) is 19.3 Å². The number of fused-ring (bicyclic) bond motifs is 2. The van der Waals surface area contributed by atoms with E-state index < -0.39 is 6.09 Å². The van der Waals surface area contributed by atoms with E-state index in [1.807, 2.05) is 25.1 Å². The average Bonchev–Trinajstić information content (AvgIpc) is 3.35. The molecule has 1 saturated heterocycles. The molecular weight excluding hydrogens is 424 g/mol. The Morgan fingerprint density at radius 3 is 2.76 bits per heavy atom. The number of amides is 1. The zero-order valence-electron chi connectivity index (χ0n) is 18.4. The van der Waals surface area contributed by atoms with Crippen LogP contribution in [0, 0.1) is 12.8 Å². The normalized spacial score (nSPS) is 17.2. The van der Waals surface area contributed by atoms with Crippen molar-refractivity contribution in [1.82, 2.24) is 9.88 Å². The summed E-state index contributed by atoms with van der Waals surface area (Å²) in [6.45, 7) is 2.91. The Bertz CT molecular complexity index is 1300.